The number of likely N-dealkylation sites (tertiary alicyclic amines) is 2. The van der Waals surface area contributed by atoms with Gasteiger partial charge in [-0.3, -0.25) is 9.59 Å². The largest absolute Gasteiger partial charge is 0.347 e. The van der Waals surface area contributed by atoms with Crippen molar-refractivity contribution in [1.82, 2.24) is 15.1 Å². The van der Waals surface area contributed by atoms with Crippen molar-refractivity contribution in [1.29, 1.82) is 0 Å². The highest BCUT2D eigenvalue weighted by atomic mass is 16.2. The molecule has 0 saturated carbocycles. The number of carbonyl (C=O) groups excluding carboxylic acids is 2. The Labute approximate surface area is 214 Å². The van der Waals surface area contributed by atoms with E-state index in [0.717, 1.165) is 38.8 Å². The van der Waals surface area contributed by atoms with Crippen molar-refractivity contribution in [3.05, 3.63) is 35.4 Å². The molecular formula is C30H49N3O2. The van der Waals surface area contributed by atoms with E-state index in [1.165, 1.54) is 36.9 Å². The molecule has 2 atom stereocenters. The lowest BCUT2D eigenvalue weighted by Crippen LogP contribution is -2.51. The highest BCUT2D eigenvalue weighted by molar-refractivity contribution is 5.88. The predicted octanol–water partition coefficient (Wildman–Crippen LogP) is 5.69. The molecular weight excluding hydrogens is 434 g/mol. The summed E-state index contributed by atoms with van der Waals surface area (Å²) in [6.45, 7) is 15.5. The van der Waals surface area contributed by atoms with Crippen molar-refractivity contribution in [2.45, 2.75) is 103 Å². The molecule has 1 aromatic rings. The number of carbonyl (C=O) groups is 2. The average Bonchev–Trinajstić information content (AvgIpc) is 3.24. The molecule has 4 rings (SSSR count). The van der Waals surface area contributed by atoms with Crippen molar-refractivity contribution in [3.8, 4) is 0 Å². The van der Waals surface area contributed by atoms with Crippen LogP contribution < -0.4 is 5.32 Å². The van der Waals surface area contributed by atoms with Crippen molar-refractivity contribution in [3.63, 3.8) is 0 Å². The van der Waals surface area contributed by atoms with Gasteiger partial charge in [-0.25, -0.2) is 0 Å². The number of amides is 2. The van der Waals surface area contributed by atoms with E-state index >= 15 is 0 Å². The van der Waals surface area contributed by atoms with Crippen LogP contribution in [0.25, 0.3) is 0 Å². The summed E-state index contributed by atoms with van der Waals surface area (Å²) in [6, 6.07) is 8.51. The molecule has 1 aliphatic carbocycles. The van der Waals surface area contributed by atoms with Gasteiger partial charge >= 0.3 is 0 Å². The molecule has 2 amide bonds. The maximum atomic E-state index is 13.5. The first-order valence-corrected chi connectivity index (χ1v) is 14.0. The molecule has 2 aliphatic heterocycles. The van der Waals surface area contributed by atoms with E-state index in [1.807, 2.05) is 4.90 Å². The lowest BCUT2D eigenvalue weighted by atomic mass is 9.63. The van der Waals surface area contributed by atoms with Gasteiger partial charge in [-0.05, 0) is 92.5 Å². The third-order valence-corrected chi connectivity index (χ3v) is 8.61. The molecule has 196 valence electrons. The van der Waals surface area contributed by atoms with Crippen LogP contribution in [0.3, 0.4) is 0 Å². The van der Waals surface area contributed by atoms with Gasteiger partial charge in [-0.1, -0.05) is 58.9 Å². The Morgan fingerprint density at radius 1 is 1.14 bits per heavy atom. The van der Waals surface area contributed by atoms with Crippen LogP contribution in [-0.2, 0) is 15.0 Å². The number of piperidine rings is 1. The fourth-order valence-electron chi connectivity index (χ4n) is 6.45. The van der Waals surface area contributed by atoms with Gasteiger partial charge in [0.2, 0.25) is 11.8 Å². The molecule has 3 aliphatic rings. The lowest BCUT2D eigenvalue weighted by Gasteiger charge is -2.47. The third-order valence-electron chi connectivity index (χ3n) is 8.61. The molecule has 5 heteroatoms. The monoisotopic (exact) mass is 483 g/mol. The Hall–Kier alpha value is -1.88. The number of nitrogens with zero attached hydrogens (tertiary/aromatic N) is 2. The number of benzene rings is 1. The summed E-state index contributed by atoms with van der Waals surface area (Å²) in [5.41, 5.74) is 3.36. The summed E-state index contributed by atoms with van der Waals surface area (Å²) < 4.78 is 0. The molecule has 0 aromatic heterocycles. The summed E-state index contributed by atoms with van der Waals surface area (Å²) in [4.78, 5) is 30.5. The Bertz CT molecular complexity index is 902. The predicted molar refractivity (Wildman–Crippen MR) is 144 cm³/mol. The van der Waals surface area contributed by atoms with Crippen molar-refractivity contribution >= 4 is 11.8 Å². The van der Waals surface area contributed by atoms with Gasteiger partial charge in [-0.2, -0.15) is 0 Å². The normalized spacial score (nSPS) is 23.5. The molecule has 0 bridgehead atoms. The van der Waals surface area contributed by atoms with Crippen LogP contribution in [0.4, 0.5) is 0 Å². The van der Waals surface area contributed by atoms with E-state index in [4.69, 9.17) is 0 Å². The molecule has 1 N–H and O–H groups in total. The van der Waals surface area contributed by atoms with Gasteiger partial charge in [0.15, 0.2) is 0 Å². The first-order chi connectivity index (χ1) is 16.6. The first-order valence-electron chi connectivity index (χ1n) is 14.0. The Kier molecular flexibility index (Phi) is 7.95. The van der Waals surface area contributed by atoms with Crippen LogP contribution in [0.5, 0.6) is 0 Å². The smallest absolute Gasteiger partial charge is 0.243 e. The third kappa shape index (κ3) is 6.10. The van der Waals surface area contributed by atoms with E-state index in [9.17, 15) is 9.59 Å². The minimum absolute atomic E-state index is 0. The molecule has 5 nitrogen and oxygen atoms in total. The zero-order valence-corrected chi connectivity index (χ0v) is 22.7. The molecule has 1 aromatic carbocycles. The van der Waals surface area contributed by atoms with Gasteiger partial charge in [0.1, 0.15) is 6.04 Å². The fraction of sp³-hybridized carbons (Fsp3) is 0.733. The second-order valence-electron chi connectivity index (χ2n) is 13.0. The maximum Gasteiger partial charge on any atom is 0.243 e. The number of hydrogen-bond acceptors (Lipinski definition) is 3. The van der Waals surface area contributed by atoms with Gasteiger partial charge in [0, 0.05) is 14.4 Å². The van der Waals surface area contributed by atoms with Crippen LogP contribution in [0.15, 0.2) is 24.3 Å². The standard InChI is InChI=1S/C30H47N3O2.H2/c1-22(2)21-26(33-17-8-11-27(33)34)28(35)31-25-12-13-30(24-10-7-6-9-23(24)25)15-19-32(20-16-30)18-14-29(3,4)5;/h6-7,9-10,22,25-26H,8,11-21H2,1-5H3,(H,31,35);1H/t25-,26+;/m1./s1. The van der Waals surface area contributed by atoms with Crippen molar-refractivity contribution < 1.29 is 11.0 Å². The molecule has 1 spiro atoms. The van der Waals surface area contributed by atoms with E-state index in [1.54, 1.807) is 0 Å². The van der Waals surface area contributed by atoms with E-state index in [2.05, 4.69) is 69.1 Å². The summed E-state index contributed by atoms with van der Waals surface area (Å²) in [7, 11) is 0. The van der Waals surface area contributed by atoms with Gasteiger partial charge < -0.3 is 15.1 Å². The summed E-state index contributed by atoms with van der Waals surface area (Å²) in [5, 5.41) is 3.40. The molecule has 2 fully saturated rings. The maximum absolute atomic E-state index is 13.5. The highest BCUT2D eigenvalue weighted by Crippen LogP contribution is 2.48. The minimum atomic E-state index is -0.348. The summed E-state index contributed by atoms with van der Waals surface area (Å²) in [6.07, 6.45) is 7.90. The van der Waals surface area contributed by atoms with Gasteiger partial charge in [0.25, 0.3) is 0 Å². The van der Waals surface area contributed by atoms with Crippen molar-refractivity contribution in [2.24, 2.45) is 11.3 Å². The SMILES string of the molecule is CC(C)C[C@@H](C(=O)N[C@@H]1CCC2(CCN(CCC(C)(C)C)CC2)c2ccccc21)N1CCCC1=O.[HH]. The van der Waals surface area contributed by atoms with Gasteiger partial charge in [-0.15, -0.1) is 0 Å². The lowest BCUT2D eigenvalue weighted by molar-refractivity contribution is -0.138. The van der Waals surface area contributed by atoms with E-state index in [-0.39, 0.29) is 30.7 Å². The molecule has 35 heavy (non-hydrogen) atoms. The van der Waals surface area contributed by atoms with Crippen LogP contribution >= 0.6 is 0 Å². The summed E-state index contributed by atoms with van der Waals surface area (Å²) >= 11 is 0. The summed E-state index contributed by atoms with van der Waals surface area (Å²) in [5.74, 6) is 0.526. The first kappa shape index (κ1) is 26.2. The zero-order valence-electron chi connectivity index (χ0n) is 22.7. The van der Waals surface area contributed by atoms with Crippen LogP contribution in [0.1, 0.15) is 105 Å². The number of hydrogen-bond donors (Lipinski definition) is 1. The molecule has 0 radical (unpaired) electrons. The Morgan fingerprint density at radius 2 is 1.86 bits per heavy atom. The number of rotatable bonds is 7. The minimum Gasteiger partial charge on any atom is -0.347 e. The number of nitrogens with one attached hydrogen (secondary N) is 1. The van der Waals surface area contributed by atoms with Crippen LogP contribution in [0.2, 0.25) is 0 Å². The highest BCUT2D eigenvalue weighted by Gasteiger charge is 2.43. The van der Waals surface area contributed by atoms with Crippen molar-refractivity contribution in [2.75, 3.05) is 26.2 Å². The van der Waals surface area contributed by atoms with E-state index in [0.29, 0.717) is 24.3 Å². The topological polar surface area (TPSA) is 52.7 Å². The Morgan fingerprint density at radius 3 is 2.49 bits per heavy atom. The van der Waals surface area contributed by atoms with Crippen LogP contribution in [-0.4, -0.2) is 53.8 Å². The van der Waals surface area contributed by atoms with Gasteiger partial charge in [0.05, 0.1) is 6.04 Å². The fourth-order valence-corrected chi connectivity index (χ4v) is 6.45. The van der Waals surface area contributed by atoms with Crippen LogP contribution in [0, 0.1) is 11.3 Å². The second-order valence-corrected chi connectivity index (χ2v) is 13.0. The second kappa shape index (κ2) is 10.6. The molecule has 2 saturated heterocycles. The average molecular weight is 484 g/mol. The Balaban J connectivity index is 0.00000361. The molecule has 0 unspecified atom stereocenters. The van der Waals surface area contributed by atoms with E-state index < -0.39 is 0 Å². The number of fused-ring (bicyclic) bond motifs is 2. The zero-order chi connectivity index (χ0) is 25.2. The quantitative estimate of drug-likeness (QED) is 0.542. The molecule has 2 heterocycles.